The van der Waals surface area contributed by atoms with E-state index in [4.69, 9.17) is 10.2 Å². The average molecular weight is 387 g/mol. The molecular formula is C17H24Cl2N4O2. The maximum Gasteiger partial charge on any atom is 0.297 e. The number of anilines is 2. The number of nitrogens with two attached hydrogens (primary N) is 1. The number of halogens is 2. The van der Waals surface area contributed by atoms with E-state index in [1.807, 2.05) is 37.2 Å². The fourth-order valence-corrected chi connectivity index (χ4v) is 4.13. The summed E-state index contributed by atoms with van der Waals surface area (Å²) < 4.78 is 5.63. The van der Waals surface area contributed by atoms with Gasteiger partial charge in [0.1, 0.15) is 5.52 Å². The number of benzene rings is 1. The van der Waals surface area contributed by atoms with Crippen molar-refractivity contribution in [1.82, 2.24) is 4.98 Å². The maximum absolute atomic E-state index is 12.6. The van der Waals surface area contributed by atoms with E-state index in [0.29, 0.717) is 23.4 Å². The second-order valence-electron chi connectivity index (χ2n) is 7.00. The predicted octanol–water partition coefficient (Wildman–Crippen LogP) is 3.05. The maximum atomic E-state index is 12.6. The Kier molecular flexibility index (Phi) is 5.86. The van der Waals surface area contributed by atoms with Crippen molar-refractivity contribution in [2.45, 2.75) is 25.3 Å². The number of amides is 1. The van der Waals surface area contributed by atoms with E-state index < -0.39 is 0 Å². The molecule has 2 fully saturated rings. The summed E-state index contributed by atoms with van der Waals surface area (Å²) in [5, 5.41) is 3.02. The van der Waals surface area contributed by atoms with Crippen LogP contribution in [0.3, 0.4) is 0 Å². The number of fused-ring (bicyclic) bond motifs is 3. The van der Waals surface area contributed by atoms with Crippen LogP contribution in [-0.2, 0) is 4.79 Å². The minimum absolute atomic E-state index is 0. The summed E-state index contributed by atoms with van der Waals surface area (Å²) >= 11 is 0. The summed E-state index contributed by atoms with van der Waals surface area (Å²) in [5.74, 6) is 0.960. The molecule has 25 heavy (non-hydrogen) atoms. The third-order valence-corrected chi connectivity index (χ3v) is 5.31. The Morgan fingerprint density at radius 2 is 2.00 bits per heavy atom. The van der Waals surface area contributed by atoms with E-state index in [9.17, 15) is 4.79 Å². The summed E-state index contributed by atoms with van der Waals surface area (Å²) in [5.41, 5.74) is 8.45. The molecule has 0 aliphatic heterocycles. The van der Waals surface area contributed by atoms with Crippen LogP contribution in [0.5, 0.6) is 0 Å². The van der Waals surface area contributed by atoms with Gasteiger partial charge in [-0.15, -0.1) is 24.8 Å². The summed E-state index contributed by atoms with van der Waals surface area (Å²) in [6.45, 7) is 0. The molecule has 1 aromatic carbocycles. The number of carbonyl (C=O) groups is 1. The highest BCUT2D eigenvalue weighted by Gasteiger charge is 2.49. The molecule has 8 heteroatoms. The Morgan fingerprint density at radius 3 is 2.64 bits per heavy atom. The molecule has 1 aromatic heterocycles. The van der Waals surface area contributed by atoms with Gasteiger partial charge in [-0.2, -0.15) is 4.98 Å². The monoisotopic (exact) mass is 386 g/mol. The molecule has 0 radical (unpaired) electrons. The van der Waals surface area contributed by atoms with Crippen molar-refractivity contribution in [3.63, 3.8) is 0 Å². The van der Waals surface area contributed by atoms with Gasteiger partial charge in [-0.25, -0.2) is 0 Å². The van der Waals surface area contributed by atoms with Gasteiger partial charge >= 0.3 is 0 Å². The number of hydrogen-bond donors (Lipinski definition) is 2. The predicted molar refractivity (Wildman–Crippen MR) is 104 cm³/mol. The van der Waals surface area contributed by atoms with Crippen molar-refractivity contribution in [2.24, 2.45) is 23.5 Å². The van der Waals surface area contributed by atoms with Crippen LogP contribution < -0.4 is 16.0 Å². The highest BCUT2D eigenvalue weighted by molar-refractivity contribution is 5.95. The van der Waals surface area contributed by atoms with E-state index in [1.165, 1.54) is 6.42 Å². The molecule has 1 heterocycles. The number of nitrogens with one attached hydrogen (secondary N) is 1. The SMILES string of the molecule is CN(C)c1nc2cc(NC(=O)C3C4CCC(C4)C3N)ccc2o1.Cl.Cl. The first kappa shape index (κ1) is 19.8. The molecule has 2 saturated carbocycles. The zero-order valence-electron chi connectivity index (χ0n) is 14.3. The molecule has 138 valence electrons. The first-order valence-electron chi connectivity index (χ1n) is 8.17. The molecule has 0 saturated heterocycles. The highest BCUT2D eigenvalue weighted by atomic mass is 35.5. The van der Waals surface area contributed by atoms with Crippen molar-refractivity contribution in [2.75, 3.05) is 24.3 Å². The van der Waals surface area contributed by atoms with Gasteiger partial charge in [-0.3, -0.25) is 4.79 Å². The molecule has 4 unspecified atom stereocenters. The minimum atomic E-state index is -0.0564. The third kappa shape index (κ3) is 3.43. The Balaban J connectivity index is 0.00000113. The Morgan fingerprint density at radius 1 is 1.28 bits per heavy atom. The second kappa shape index (κ2) is 7.40. The first-order valence-corrected chi connectivity index (χ1v) is 8.17. The van der Waals surface area contributed by atoms with Crippen molar-refractivity contribution < 1.29 is 9.21 Å². The van der Waals surface area contributed by atoms with Crippen LogP contribution in [-0.4, -0.2) is 31.0 Å². The van der Waals surface area contributed by atoms with Crippen molar-refractivity contribution in [1.29, 1.82) is 0 Å². The quantitative estimate of drug-likeness (QED) is 0.846. The van der Waals surface area contributed by atoms with Gasteiger partial charge in [-0.1, -0.05) is 0 Å². The largest absolute Gasteiger partial charge is 0.423 e. The Bertz CT molecular complexity index is 762. The number of oxazole rings is 1. The lowest BCUT2D eigenvalue weighted by Gasteiger charge is -2.26. The van der Waals surface area contributed by atoms with Crippen LogP contribution in [0, 0.1) is 17.8 Å². The zero-order valence-corrected chi connectivity index (χ0v) is 15.9. The average Bonchev–Trinajstić information content (AvgIpc) is 3.19. The van der Waals surface area contributed by atoms with E-state index in [1.54, 1.807) is 0 Å². The summed E-state index contributed by atoms with van der Waals surface area (Å²) in [6, 6.07) is 6.10. The number of nitrogens with zero attached hydrogens (tertiary/aromatic N) is 2. The molecular weight excluding hydrogens is 363 g/mol. The van der Waals surface area contributed by atoms with E-state index >= 15 is 0 Å². The van der Waals surface area contributed by atoms with Crippen molar-refractivity contribution in [3.8, 4) is 0 Å². The molecule has 1 amide bonds. The normalized spacial score (nSPS) is 26.8. The first-order chi connectivity index (χ1) is 11.0. The lowest BCUT2D eigenvalue weighted by molar-refractivity contribution is -0.121. The number of rotatable bonds is 3. The van der Waals surface area contributed by atoms with Gasteiger partial charge in [0.05, 0.1) is 5.92 Å². The smallest absolute Gasteiger partial charge is 0.297 e. The number of carbonyl (C=O) groups excluding carboxylic acids is 1. The van der Waals surface area contributed by atoms with Gasteiger partial charge in [0.2, 0.25) is 5.91 Å². The van der Waals surface area contributed by atoms with E-state index in [2.05, 4.69) is 10.3 Å². The lowest BCUT2D eigenvalue weighted by atomic mass is 9.84. The summed E-state index contributed by atoms with van der Waals surface area (Å²) in [6.07, 6.45) is 3.41. The van der Waals surface area contributed by atoms with Gasteiger partial charge < -0.3 is 20.4 Å². The van der Waals surface area contributed by atoms with Crippen LogP contribution in [0.25, 0.3) is 11.1 Å². The zero-order chi connectivity index (χ0) is 16.1. The third-order valence-electron chi connectivity index (χ3n) is 5.31. The van der Waals surface area contributed by atoms with E-state index in [-0.39, 0.29) is 42.7 Å². The molecule has 2 aromatic rings. The second-order valence-corrected chi connectivity index (χ2v) is 7.00. The fraction of sp³-hybridized carbons (Fsp3) is 0.529. The molecule has 0 spiro atoms. The van der Waals surface area contributed by atoms with Crippen LogP contribution in [0.1, 0.15) is 19.3 Å². The minimum Gasteiger partial charge on any atom is -0.423 e. The number of hydrogen-bond acceptors (Lipinski definition) is 5. The molecule has 3 N–H and O–H groups in total. The molecule has 4 rings (SSSR count). The van der Waals surface area contributed by atoms with Crippen LogP contribution >= 0.6 is 24.8 Å². The van der Waals surface area contributed by atoms with Crippen LogP contribution in [0.4, 0.5) is 11.7 Å². The van der Waals surface area contributed by atoms with Gasteiger partial charge in [0.15, 0.2) is 5.58 Å². The van der Waals surface area contributed by atoms with Crippen LogP contribution in [0.15, 0.2) is 22.6 Å². The molecule has 2 aliphatic carbocycles. The molecule has 6 nitrogen and oxygen atoms in total. The standard InChI is InChI=1S/C17H22N4O2.2ClH/c1-21(2)17-20-12-8-11(5-6-13(12)23-17)19-16(22)14-9-3-4-10(7-9)15(14)18;;/h5-6,8-10,14-15H,3-4,7,18H2,1-2H3,(H,19,22);2*1H. The molecule has 4 atom stereocenters. The topological polar surface area (TPSA) is 84.4 Å². The lowest BCUT2D eigenvalue weighted by Crippen LogP contribution is -2.42. The van der Waals surface area contributed by atoms with Gasteiger partial charge in [0.25, 0.3) is 6.01 Å². The molecule has 2 bridgehead atoms. The Labute approximate surface area is 159 Å². The van der Waals surface area contributed by atoms with E-state index in [0.717, 1.165) is 24.0 Å². The van der Waals surface area contributed by atoms with Crippen LogP contribution in [0.2, 0.25) is 0 Å². The van der Waals surface area contributed by atoms with Gasteiger partial charge in [-0.05, 0) is 49.3 Å². The van der Waals surface area contributed by atoms with Gasteiger partial charge in [0, 0.05) is 25.8 Å². The highest BCUT2D eigenvalue weighted by Crippen LogP contribution is 2.47. The molecule has 2 aliphatic rings. The summed E-state index contributed by atoms with van der Waals surface area (Å²) in [7, 11) is 3.76. The van der Waals surface area contributed by atoms with Crippen molar-refractivity contribution >= 4 is 53.5 Å². The summed E-state index contributed by atoms with van der Waals surface area (Å²) in [4.78, 5) is 18.8. The van der Waals surface area contributed by atoms with Crippen molar-refractivity contribution in [3.05, 3.63) is 18.2 Å². The Hall–Kier alpha value is -1.50. The number of aromatic nitrogens is 1. The fourth-order valence-electron chi connectivity index (χ4n) is 4.13.